The minimum Gasteiger partial charge on any atom is -0.476 e. The SMILES string of the molecule is C[C@@H](Nc1ccc(Cl)nc1C(=O)O)c1cc(F)cc2nc3c(nc12)-c1cccnc1CO3. The Kier molecular flexibility index (Phi) is 4.82. The van der Waals surface area contributed by atoms with Gasteiger partial charge in [-0.15, -0.1) is 0 Å². The molecule has 0 unspecified atom stereocenters. The molecular formula is C22H15ClFN5O3. The second-order valence-electron chi connectivity index (χ2n) is 7.23. The summed E-state index contributed by atoms with van der Waals surface area (Å²) in [4.78, 5) is 29.0. The first-order chi connectivity index (χ1) is 15.4. The lowest BCUT2D eigenvalue weighted by Crippen LogP contribution is -2.14. The van der Waals surface area contributed by atoms with Crippen LogP contribution < -0.4 is 10.1 Å². The van der Waals surface area contributed by atoms with E-state index in [2.05, 4.69) is 20.3 Å². The quantitative estimate of drug-likeness (QED) is 0.432. The number of pyridine rings is 2. The van der Waals surface area contributed by atoms with Crippen molar-refractivity contribution in [1.29, 1.82) is 0 Å². The van der Waals surface area contributed by atoms with Crippen molar-refractivity contribution in [2.24, 2.45) is 0 Å². The third-order valence-electron chi connectivity index (χ3n) is 5.13. The fourth-order valence-corrected chi connectivity index (χ4v) is 3.82. The standard InChI is InChI=1S/C22H15ClFN5O3/c1-10(26-14-4-5-17(23)28-20(14)22(30)31)13-7-11(24)8-15-18(13)29-19-12-3-2-6-25-16(12)9-32-21(19)27-15/h2-8,10,26H,9H2,1H3,(H,30,31)/t10-/m1/s1. The number of aromatic carboxylic acids is 1. The monoisotopic (exact) mass is 451 g/mol. The third-order valence-corrected chi connectivity index (χ3v) is 5.34. The van der Waals surface area contributed by atoms with Crippen molar-refractivity contribution in [3.05, 3.63) is 70.5 Å². The van der Waals surface area contributed by atoms with Crippen LogP contribution in [0.1, 0.15) is 34.7 Å². The molecule has 1 aromatic carbocycles. The Bertz CT molecular complexity index is 1400. The molecule has 0 saturated heterocycles. The van der Waals surface area contributed by atoms with Crippen LogP contribution in [0.5, 0.6) is 5.88 Å². The highest BCUT2D eigenvalue weighted by Gasteiger charge is 2.24. The number of halogens is 2. The Morgan fingerprint density at radius 1 is 1.25 bits per heavy atom. The maximum atomic E-state index is 14.5. The molecule has 8 nitrogen and oxygen atoms in total. The molecule has 3 aromatic heterocycles. The van der Waals surface area contributed by atoms with Crippen LogP contribution in [-0.4, -0.2) is 31.0 Å². The number of carboxylic acid groups (broad SMARTS) is 1. The number of carbonyl (C=O) groups is 1. The van der Waals surface area contributed by atoms with Crippen LogP contribution in [0.4, 0.5) is 10.1 Å². The summed E-state index contributed by atoms with van der Waals surface area (Å²) in [5.41, 5.74) is 3.36. The molecule has 0 aliphatic carbocycles. The molecule has 0 amide bonds. The third kappa shape index (κ3) is 3.46. The van der Waals surface area contributed by atoms with Gasteiger partial charge in [0.15, 0.2) is 5.69 Å². The van der Waals surface area contributed by atoms with Gasteiger partial charge in [0.05, 0.1) is 28.5 Å². The molecule has 4 aromatic rings. The highest BCUT2D eigenvalue weighted by atomic mass is 35.5. The topological polar surface area (TPSA) is 110 Å². The lowest BCUT2D eigenvalue weighted by molar-refractivity contribution is 0.0691. The molecule has 0 bridgehead atoms. The molecule has 32 heavy (non-hydrogen) atoms. The van der Waals surface area contributed by atoms with Crippen molar-refractivity contribution in [1.82, 2.24) is 19.9 Å². The van der Waals surface area contributed by atoms with E-state index in [1.165, 1.54) is 24.3 Å². The minimum atomic E-state index is -1.23. The van der Waals surface area contributed by atoms with Crippen LogP contribution in [0.2, 0.25) is 5.15 Å². The summed E-state index contributed by atoms with van der Waals surface area (Å²) in [5.74, 6) is -1.42. The van der Waals surface area contributed by atoms with Crippen molar-refractivity contribution < 1.29 is 19.0 Å². The van der Waals surface area contributed by atoms with Gasteiger partial charge in [-0.05, 0) is 37.3 Å². The predicted octanol–water partition coefficient (Wildman–Crippen LogP) is 4.64. The van der Waals surface area contributed by atoms with Gasteiger partial charge < -0.3 is 15.2 Å². The highest BCUT2D eigenvalue weighted by Crippen LogP contribution is 2.37. The van der Waals surface area contributed by atoms with Gasteiger partial charge in [0.1, 0.15) is 23.3 Å². The Morgan fingerprint density at radius 2 is 2.09 bits per heavy atom. The van der Waals surface area contributed by atoms with Crippen molar-refractivity contribution in [2.75, 3.05) is 5.32 Å². The number of aromatic nitrogens is 4. The first-order valence-electron chi connectivity index (χ1n) is 9.65. The van der Waals surface area contributed by atoms with Crippen LogP contribution in [-0.2, 0) is 6.61 Å². The summed E-state index contributed by atoms with van der Waals surface area (Å²) < 4.78 is 20.1. The molecular weight excluding hydrogens is 437 g/mol. The number of hydrogen-bond acceptors (Lipinski definition) is 7. The second kappa shape index (κ2) is 7.69. The summed E-state index contributed by atoms with van der Waals surface area (Å²) in [6.45, 7) is 2.02. The fraction of sp³-hybridized carbons (Fsp3) is 0.136. The molecule has 10 heteroatoms. The van der Waals surface area contributed by atoms with Crippen molar-refractivity contribution in [3.8, 4) is 17.1 Å². The number of nitrogens with zero attached hydrogens (tertiary/aromatic N) is 4. The Hall–Kier alpha value is -3.85. The lowest BCUT2D eigenvalue weighted by Gasteiger charge is -2.21. The van der Waals surface area contributed by atoms with Crippen LogP contribution in [0.15, 0.2) is 42.6 Å². The average Bonchev–Trinajstić information content (AvgIpc) is 2.78. The largest absolute Gasteiger partial charge is 0.476 e. The van der Waals surface area contributed by atoms with E-state index >= 15 is 0 Å². The molecule has 160 valence electrons. The van der Waals surface area contributed by atoms with E-state index in [1.54, 1.807) is 19.2 Å². The fourth-order valence-electron chi connectivity index (χ4n) is 3.67. The molecule has 0 saturated carbocycles. The smallest absolute Gasteiger partial charge is 0.356 e. The molecule has 0 radical (unpaired) electrons. The van der Waals surface area contributed by atoms with E-state index in [0.29, 0.717) is 28.2 Å². The number of anilines is 1. The zero-order valence-corrected chi connectivity index (χ0v) is 17.4. The average molecular weight is 452 g/mol. The molecule has 4 heterocycles. The van der Waals surface area contributed by atoms with E-state index in [0.717, 1.165) is 11.3 Å². The van der Waals surface area contributed by atoms with Crippen molar-refractivity contribution >= 4 is 34.3 Å². The molecule has 5 rings (SSSR count). The summed E-state index contributed by atoms with van der Waals surface area (Å²) in [5, 5.41) is 12.6. The zero-order valence-electron chi connectivity index (χ0n) is 16.6. The molecule has 0 spiro atoms. The number of ether oxygens (including phenoxy) is 1. The first-order valence-corrected chi connectivity index (χ1v) is 10.0. The predicted molar refractivity (Wildman–Crippen MR) is 115 cm³/mol. The van der Waals surface area contributed by atoms with Crippen LogP contribution in [0.25, 0.3) is 22.3 Å². The van der Waals surface area contributed by atoms with Gasteiger partial charge in [0, 0.05) is 23.4 Å². The molecule has 1 aliphatic rings. The van der Waals surface area contributed by atoms with Crippen molar-refractivity contribution in [2.45, 2.75) is 19.6 Å². The number of benzene rings is 1. The normalized spacial score (nSPS) is 13.1. The van der Waals surface area contributed by atoms with Gasteiger partial charge in [-0.25, -0.2) is 24.1 Å². The number of hydrogen-bond donors (Lipinski definition) is 2. The minimum absolute atomic E-state index is 0.0570. The molecule has 1 atom stereocenters. The molecule has 0 fully saturated rings. The van der Waals surface area contributed by atoms with E-state index in [4.69, 9.17) is 21.3 Å². The van der Waals surface area contributed by atoms with Crippen LogP contribution in [0, 0.1) is 5.82 Å². The van der Waals surface area contributed by atoms with Crippen LogP contribution >= 0.6 is 11.6 Å². The van der Waals surface area contributed by atoms with Crippen LogP contribution in [0.3, 0.4) is 0 Å². The summed E-state index contributed by atoms with van der Waals surface area (Å²) >= 11 is 5.84. The van der Waals surface area contributed by atoms with Gasteiger partial charge in [-0.2, -0.15) is 0 Å². The first kappa shape index (κ1) is 20.1. The maximum absolute atomic E-state index is 14.5. The summed E-state index contributed by atoms with van der Waals surface area (Å²) in [6, 6.07) is 8.78. The molecule has 2 N–H and O–H groups in total. The number of rotatable bonds is 4. The number of fused-ring (bicyclic) bond motifs is 4. The number of carboxylic acids is 1. The van der Waals surface area contributed by atoms with Crippen molar-refractivity contribution in [3.63, 3.8) is 0 Å². The van der Waals surface area contributed by atoms with E-state index < -0.39 is 17.8 Å². The lowest BCUT2D eigenvalue weighted by atomic mass is 10.0. The number of nitrogens with one attached hydrogen (secondary N) is 1. The van der Waals surface area contributed by atoms with Gasteiger partial charge in [0.2, 0.25) is 5.88 Å². The van der Waals surface area contributed by atoms with Gasteiger partial charge >= 0.3 is 5.97 Å². The summed E-state index contributed by atoms with van der Waals surface area (Å²) in [6.07, 6.45) is 1.68. The van der Waals surface area contributed by atoms with Gasteiger partial charge in [-0.1, -0.05) is 11.6 Å². The van der Waals surface area contributed by atoms with E-state index in [1.807, 2.05) is 6.07 Å². The Morgan fingerprint density at radius 3 is 2.91 bits per heavy atom. The van der Waals surface area contributed by atoms with E-state index in [-0.39, 0.29) is 23.1 Å². The second-order valence-corrected chi connectivity index (χ2v) is 7.62. The Labute approximate surface area is 186 Å². The Balaban J connectivity index is 1.63. The highest BCUT2D eigenvalue weighted by molar-refractivity contribution is 6.29. The molecule has 1 aliphatic heterocycles. The van der Waals surface area contributed by atoms with Gasteiger partial charge in [0.25, 0.3) is 0 Å². The van der Waals surface area contributed by atoms with Gasteiger partial charge in [-0.3, -0.25) is 4.98 Å². The van der Waals surface area contributed by atoms with E-state index in [9.17, 15) is 14.3 Å². The maximum Gasteiger partial charge on any atom is 0.356 e. The zero-order chi connectivity index (χ0) is 22.4. The summed E-state index contributed by atoms with van der Waals surface area (Å²) in [7, 11) is 0.